The average Bonchev–Trinajstić information content (AvgIpc) is 2.54. The quantitative estimate of drug-likeness (QED) is 0.435. The lowest BCUT2D eigenvalue weighted by Crippen LogP contribution is -2.24. The van der Waals surface area contributed by atoms with Crippen molar-refractivity contribution in [2.24, 2.45) is 5.10 Å². The molecular weight excluding hydrogens is 342 g/mol. The van der Waals surface area contributed by atoms with Gasteiger partial charge in [0.25, 0.3) is 0 Å². The molecule has 0 saturated heterocycles. The van der Waals surface area contributed by atoms with Crippen molar-refractivity contribution in [2.75, 3.05) is 5.32 Å². The van der Waals surface area contributed by atoms with Crippen molar-refractivity contribution in [1.82, 2.24) is 5.43 Å². The number of nitrogens with one attached hydrogen (secondary N) is 2. The summed E-state index contributed by atoms with van der Waals surface area (Å²) in [5.74, 6) is -1.03. The number of carbonyl (C=O) groups is 2. The van der Waals surface area contributed by atoms with Crippen molar-refractivity contribution >= 4 is 35.3 Å². The fourth-order valence-electron chi connectivity index (χ4n) is 2.01. The zero-order chi connectivity index (χ0) is 18.4. The van der Waals surface area contributed by atoms with Gasteiger partial charge in [-0.05, 0) is 55.3 Å². The maximum absolute atomic E-state index is 11.9. The zero-order valence-electron chi connectivity index (χ0n) is 13.8. The molecule has 25 heavy (non-hydrogen) atoms. The third-order valence-electron chi connectivity index (χ3n) is 3.49. The van der Waals surface area contributed by atoms with Gasteiger partial charge in [0.1, 0.15) is 12.2 Å². The summed E-state index contributed by atoms with van der Waals surface area (Å²) in [5.41, 5.74) is 5.39. The molecule has 0 fully saturated rings. The predicted molar refractivity (Wildman–Crippen MR) is 98.0 cm³/mol. The summed E-state index contributed by atoms with van der Waals surface area (Å²) in [4.78, 5) is 23.6. The molecule has 0 aliphatic carbocycles. The fourth-order valence-corrected chi connectivity index (χ4v) is 2.19. The number of nitrogens with zero attached hydrogens (tertiary/aromatic N) is 1. The molecule has 0 saturated carbocycles. The molecule has 0 unspecified atom stereocenters. The summed E-state index contributed by atoms with van der Waals surface area (Å²) in [5, 5.41) is 16.4. The summed E-state index contributed by atoms with van der Waals surface area (Å²) in [6.07, 6.45) is 0.881. The van der Waals surface area contributed by atoms with Crippen LogP contribution < -0.4 is 10.7 Å². The van der Waals surface area contributed by atoms with Crippen molar-refractivity contribution in [3.8, 4) is 5.75 Å². The molecule has 0 aromatic heterocycles. The molecule has 3 N–H and O–H groups in total. The molecule has 0 aliphatic heterocycles. The lowest BCUT2D eigenvalue weighted by Gasteiger charge is -2.07. The van der Waals surface area contributed by atoms with Crippen molar-refractivity contribution in [3.63, 3.8) is 0 Å². The van der Waals surface area contributed by atoms with E-state index in [4.69, 9.17) is 11.6 Å². The molecule has 130 valence electrons. The van der Waals surface area contributed by atoms with E-state index < -0.39 is 11.8 Å². The number of aryl methyl sites for hydroxylation is 2. The van der Waals surface area contributed by atoms with Crippen LogP contribution in [0.25, 0.3) is 0 Å². The average molecular weight is 360 g/mol. The smallest absolute Gasteiger partial charge is 0.249 e. The number of aromatic hydroxyl groups is 1. The molecule has 0 heterocycles. The molecule has 0 spiro atoms. The number of anilines is 1. The molecule has 2 amide bonds. The van der Waals surface area contributed by atoms with Gasteiger partial charge in [-0.25, -0.2) is 5.43 Å². The zero-order valence-corrected chi connectivity index (χ0v) is 14.6. The number of amides is 2. The van der Waals surface area contributed by atoms with Crippen molar-refractivity contribution < 1.29 is 14.7 Å². The number of phenols is 1. The Kier molecular flexibility index (Phi) is 6.14. The van der Waals surface area contributed by atoms with E-state index in [1.165, 1.54) is 24.4 Å². The first-order valence-corrected chi connectivity index (χ1v) is 7.90. The molecule has 0 radical (unpaired) electrons. The second kappa shape index (κ2) is 8.30. The van der Waals surface area contributed by atoms with Gasteiger partial charge in [-0.2, -0.15) is 5.10 Å². The van der Waals surface area contributed by atoms with E-state index in [2.05, 4.69) is 15.8 Å². The predicted octanol–water partition coefficient (Wildman–Crippen LogP) is 3.14. The molecule has 0 bridgehead atoms. The Hall–Kier alpha value is -2.86. The lowest BCUT2D eigenvalue weighted by atomic mass is 10.1. The second-order valence-electron chi connectivity index (χ2n) is 5.52. The number of hydrogen-bond donors (Lipinski definition) is 3. The third kappa shape index (κ3) is 5.61. The van der Waals surface area contributed by atoms with E-state index in [-0.39, 0.29) is 12.2 Å². The summed E-state index contributed by atoms with van der Waals surface area (Å²) < 4.78 is 0. The van der Waals surface area contributed by atoms with Gasteiger partial charge in [0.15, 0.2) is 0 Å². The first kappa shape index (κ1) is 18.5. The van der Waals surface area contributed by atoms with Crippen LogP contribution in [0.2, 0.25) is 5.02 Å². The first-order valence-electron chi connectivity index (χ1n) is 7.52. The maximum Gasteiger partial charge on any atom is 0.249 e. The minimum absolute atomic E-state index is 0.0186. The van der Waals surface area contributed by atoms with Crippen LogP contribution in [0.5, 0.6) is 5.75 Å². The third-order valence-corrected chi connectivity index (χ3v) is 3.73. The van der Waals surface area contributed by atoms with Crippen molar-refractivity contribution in [2.45, 2.75) is 20.3 Å². The number of hydrazone groups is 1. The normalized spacial score (nSPS) is 10.7. The van der Waals surface area contributed by atoms with Gasteiger partial charge in [-0.3, -0.25) is 9.59 Å². The largest absolute Gasteiger partial charge is 0.507 e. The van der Waals surface area contributed by atoms with Crippen molar-refractivity contribution in [3.05, 3.63) is 58.1 Å². The highest BCUT2D eigenvalue weighted by Gasteiger charge is 2.09. The highest BCUT2D eigenvalue weighted by molar-refractivity contribution is 6.30. The molecule has 0 atom stereocenters. The molecule has 2 rings (SSSR count). The van der Waals surface area contributed by atoms with Gasteiger partial charge in [0, 0.05) is 16.3 Å². The first-order chi connectivity index (χ1) is 11.8. The maximum atomic E-state index is 11.9. The fraction of sp³-hybridized carbons (Fsp3) is 0.167. The SMILES string of the molecule is Cc1ccc(NC(=O)CC(=O)NN=Cc2cc(Cl)ccc2O)cc1C. The van der Waals surface area contributed by atoms with Gasteiger partial charge >= 0.3 is 0 Å². The molecule has 2 aromatic carbocycles. The van der Waals surface area contributed by atoms with E-state index in [1.54, 1.807) is 6.07 Å². The Morgan fingerprint density at radius 1 is 1.12 bits per heavy atom. The van der Waals surface area contributed by atoms with E-state index in [0.717, 1.165) is 11.1 Å². The van der Waals surface area contributed by atoms with Gasteiger partial charge in [-0.1, -0.05) is 17.7 Å². The van der Waals surface area contributed by atoms with Gasteiger partial charge < -0.3 is 10.4 Å². The van der Waals surface area contributed by atoms with Crippen LogP contribution in [0, 0.1) is 13.8 Å². The number of benzene rings is 2. The molecule has 0 aliphatic rings. The van der Waals surface area contributed by atoms with Crippen LogP contribution in [0.15, 0.2) is 41.5 Å². The Labute approximate surface area is 150 Å². The van der Waals surface area contributed by atoms with Crippen LogP contribution in [0.3, 0.4) is 0 Å². The number of carbonyl (C=O) groups excluding carboxylic acids is 2. The monoisotopic (exact) mass is 359 g/mol. The lowest BCUT2D eigenvalue weighted by molar-refractivity contribution is -0.126. The van der Waals surface area contributed by atoms with Crippen LogP contribution in [-0.4, -0.2) is 23.1 Å². The minimum Gasteiger partial charge on any atom is -0.507 e. The molecular formula is C18H18ClN3O3. The van der Waals surface area contributed by atoms with E-state index >= 15 is 0 Å². The van der Waals surface area contributed by atoms with Crippen LogP contribution >= 0.6 is 11.6 Å². The number of phenolic OH excluding ortho intramolecular Hbond substituents is 1. The summed E-state index contributed by atoms with van der Waals surface area (Å²) >= 11 is 5.81. The topological polar surface area (TPSA) is 90.8 Å². The molecule has 6 nitrogen and oxygen atoms in total. The van der Waals surface area contributed by atoms with Crippen LogP contribution in [0.4, 0.5) is 5.69 Å². The highest BCUT2D eigenvalue weighted by Crippen LogP contribution is 2.19. The van der Waals surface area contributed by atoms with Gasteiger partial charge in [0.05, 0.1) is 6.21 Å². The summed E-state index contributed by atoms with van der Waals surface area (Å²) in [7, 11) is 0. The van der Waals surface area contributed by atoms with Gasteiger partial charge in [-0.15, -0.1) is 0 Å². The Bertz CT molecular complexity index is 834. The second-order valence-corrected chi connectivity index (χ2v) is 5.96. The Morgan fingerprint density at radius 3 is 2.60 bits per heavy atom. The highest BCUT2D eigenvalue weighted by atomic mass is 35.5. The van der Waals surface area contributed by atoms with E-state index in [0.29, 0.717) is 16.3 Å². The van der Waals surface area contributed by atoms with Crippen LogP contribution in [-0.2, 0) is 9.59 Å². The summed E-state index contributed by atoms with van der Waals surface area (Å²) in [6, 6.07) is 9.96. The minimum atomic E-state index is -0.570. The van der Waals surface area contributed by atoms with Crippen molar-refractivity contribution in [1.29, 1.82) is 0 Å². The standard InChI is InChI=1S/C18H18ClN3O3/c1-11-3-5-15(7-12(11)2)21-17(24)9-18(25)22-20-10-13-8-14(19)4-6-16(13)23/h3-8,10,23H,9H2,1-2H3,(H,21,24)(H,22,25). The number of halogens is 1. The number of hydrogen-bond acceptors (Lipinski definition) is 4. The number of rotatable bonds is 5. The Morgan fingerprint density at radius 2 is 1.88 bits per heavy atom. The van der Waals surface area contributed by atoms with Gasteiger partial charge in [0.2, 0.25) is 11.8 Å². The molecule has 2 aromatic rings. The van der Waals surface area contributed by atoms with E-state index in [1.807, 2.05) is 26.0 Å². The van der Waals surface area contributed by atoms with E-state index in [9.17, 15) is 14.7 Å². The summed E-state index contributed by atoms with van der Waals surface area (Å²) in [6.45, 7) is 3.92. The van der Waals surface area contributed by atoms with Crippen LogP contribution in [0.1, 0.15) is 23.1 Å². The molecule has 7 heteroatoms. The Balaban J connectivity index is 1.87.